The predicted molar refractivity (Wildman–Crippen MR) is 51.1 cm³/mol. The number of hydrogen-bond acceptors (Lipinski definition) is 2. The minimum atomic E-state index is -0.993. The van der Waals surface area contributed by atoms with Gasteiger partial charge in [-0.3, -0.25) is 0 Å². The van der Waals surface area contributed by atoms with E-state index in [2.05, 4.69) is 13.8 Å². The molecule has 1 unspecified atom stereocenters. The minimum Gasteiger partial charge on any atom is -0.375 e. The van der Waals surface area contributed by atoms with Crippen molar-refractivity contribution in [3.05, 3.63) is 0 Å². The Morgan fingerprint density at radius 2 is 2.25 bits per heavy atom. The first-order valence-electron chi connectivity index (χ1n) is 4.67. The highest BCUT2D eigenvalue weighted by Gasteiger charge is 2.35. The molecule has 0 spiro atoms. The summed E-state index contributed by atoms with van der Waals surface area (Å²) < 4.78 is 16.8. The second-order valence-corrected chi connectivity index (χ2v) is 5.32. The fraction of sp³-hybridized carbons (Fsp3) is 1.00. The summed E-state index contributed by atoms with van der Waals surface area (Å²) in [6.07, 6.45) is 3.72. The number of ether oxygens (including phenoxy) is 1. The maximum absolute atomic E-state index is 11.1. The first kappa shape index (κ1) is 10.1. The molecule has 4 atom stereocenters. The molecule has 0 aromatic rings. The molecule has 1 aliphatic heterocycles. The summed E-state index contributed by atoms with van der Waals surface area (Å²) in [5.74, 6) is 0.540. The third kappa shape index (κ3) is 2.53. The monoisotopic (exact) mass is 189 g/mol. The van der Waals surface area contributed by atoms with Gasteiger partial charge in [-0.2, -0.15) is 0 Å². The van der Waals surface area contributed by atoms with E-state index < -0.39 is 7.80 Å². The molecule has 1 fully saturated rings. The van der Waals surface area contributed by atoms with Gasteiger partial charge < -0.3 is 4.74 Å². The van der Waals surface area contributed by atoms with E-state index in [0.29, 0.717) is 18.1 Å². The van der Waals surface area contributed by atoms with E-state index >= 15 is 0 Å². The Hall–Kier alpha value is 0.0600. The first-order valence-corrected chi connectivity index (χ1v) is 6.56. The van der Waals surface area contributed by atoms with Gasteiger partial charge in [0, 0.05) is 5.92 Å². The predicted octanol–water partition coefficient (Wildman–Crippen LogP) is 2.65. The molecule has 70 valence electrons. The lowest BCUT2D eigenvalue weighted by Crippen LogP contribution is -2.16. The highest BCUT2D eigenvalue weighted by Crippen LogP contribution is 2.33. The Labute approximate surface area is 75.5 Å². The Morgan fingerprint density at radius 1 is 1.58 bits per heavy atom. The molecular formula is C9H18O2P+. The zero-order valence-electron chi connectivity index (χ0n) is 8.12. The standard InChI is InChI=1S/C9H18O2P/c1-4-9-8(6-12(3)10)5-7(2)11-9/h7-9H,4-6H2,1-3H3/q+1/t7-,8-,9+/m0/s1. The van der Waals surface area contributed by atoms with Gasteiger partial charge in [-0.1, -0.05) is 11.5 Å². The molecule has 0 aromatic heterocycles. The summed E-state index contributed by atoms with van der Waals surface area (Å²) in [7, 11) is -0.993. The third-order valence-electron chi connectivity index (χ3n) is 2.46. The molecule has 0 aromatic carbocycles. The van der Waals surface area contributed by atoms with E-state index in [1.165, 1.54) is 0 Å². The Bertz CT molecular complexity index is 170. The van der Waals surface area contributed by atoms with Crippen LogP contribution in [0.2, 0.25) is 0 Å². The fourth-order valence-electron chi connectivity index (χ4n) is 2.00. The lowest BCUT2D eigenvalue weighted by Gasteiger charge is -2.11. The first-order chi connectivity index (χ1) is 5.63. The van der Waals surface area contributed by atoms with Crippen molar-refractivity contribution in [2.24, 2.45) is 5.92 Å². The van der Waals surface area contributed by atoms with Crippen LogP contribution in [-0.2, 0) is 9.30 Å². The highest BCUT2D eigenvalue weighted by atomic mass is 31.1. The summed E-state index contributed by atoms with van der Waals surface area (Å²) in [6, 6.07) is 0. The van der Waals surface area contributed by atoms with Crippen LogP contribution in [-0.4, -0.2) is 25.0 Å². The molecule has 12 heavy (non-hydrogen) atoms. The van der Waals surface area contributed by atoms with Crippen LogP contribution >= 0.6 is 7.80 Å². The zero-order valence-corrected chi connectivity index (χ0v) is 9.01. The molecule has 0 saturated carbocycles. The average Bonchev–Trinajstić information content (AvgIpc) is 2.29. The van der Waals surface area contributed by atoms with E-state index in [0.717, 1.165) is 19.0 Å². The topological polar surface area (TPSA) is 26.3 Å². The molecule has 1 saturated heterocycles. The van der Waals surface area contributed by atoms with Crippen LogP contribution in [0.3, 0.4) is 0 Å². The molecule has 3 heteroatoms. The van der Waals surface area contributed by atoms with Gasteiger partial charge in [0.2, 0.25) is 0 Å². The largest absolute Gasteiger partial charge is 0.375 e. The van der Waals surface area contributed by atoms with Crippen LogP contribution < -0.4 is 0 Å². The summed E-state index contributed by atoms with van der Waals surface area (Å²) in [6.45, 7) is 6.05. The van der Waals surface area contributed by atoms with E-state index in [9.17, 15) is 4.57 Å². The van der Waals surface area contributed by atoms with Crippen LogP contribution in [0.5, 0.6) is 0 Å². The van der Waals surface area contributed by atoms with Crippen LogP contribution in [0.15, 0.2) is 0 Å². The molecule has 0 N–H and O–H groups in total. The Morgan fingerprint density at radius 3 is 2.75 bits per heavy atom. The van der Waals surface area contributed by atoms with E-state index in [1.807, 2.05) is 6.66 Å². The van der Waals surface area contributed by atoms with Gasteiger partial charge in [-0.25, -0.2) is 0 Å². The lowest BCUT2D eigenvalue weighted by atomic mass is 10.0. The van der Waals surface area contributed by atoms with Crippen molar-refractivity contribution >= 4 is 7.80 Å². The second kappa shape index (κ2) is 4.34. The lowest BCUT2D eigenvalue weighted by molar-refractivity contribution is 0.0441. The van der Waals surface area contributed by atoms with Crippen molar-refractivity contribution in [1.29, 1.82) is 0 Å². The van der Waals surface area contributed by atoms with Crippen LogP contribution in [0.4, 0.5) is 0 Å². The van der Waals surface area contributed by atoms with Gasteiger partial charge in [-0.15, -0.1) is 0 Å². The molecule has 0 aliphatic carbocycles. The third-order valence-corrected chi connectivity index (χ3v) is 3.44. The van der Waals surface area contributed by atoms with Crippen molar-refractivity contribution in [3.63, 3.8) is 0 Å². The van der Waals surface area contributed by atoms with Crippen LogP contribution in [0.1, 0.15) is 26.7 Å². The van der Waals surface area contributed by atoms with Crippen molar-refractivity contribution in [1.82, 2.24) is 0 Å². The highest BCUT2D eigenvalue weighted by molar-refractivity contribution is 7.43. The van der Waals surface area contributed by atoms with Gasteiger partial charge in [0.05, 0.1) is 12.2 Å². The van der Waals surface area contributed by atoms with E-state index in [-0.39, 0.29) is 0 Å². The Balaban J connectivity index is 2.46. The van der Waals surface area contributed by atoms with Crippen LogP contribution in [0.25, 0.3) is 0 Å². The van der Waals surface area contributed by atoms with Crippen molar-refractivity contribution in [2.75, 3.05) is 12.8 Å². The summed E-state index contributed by atoms with van der Waals surface area (Å²) in [5.41, 5.74) is 0. The van der Waals surface area contributed by atoms with Crippen molar-refractivity contribution < 1.29 is 9.30 Å². The number of rotatable bonds is 3. The van der Waals surface area contributed by atoms with E-state index in [1.54, 1.807) is 0 Å². The molecular weight excluding hydrogens is 171 g/mol. The van der Waals surface area contributed by atoms with Gasteiger partial charge >= 0.3 is 7.80 Å². The van der Waals surface area contributed by atoms with E-state index in [4.69, 9.17) is 4.74 Å². The molecule has 1 rings (SSSR count). The molecule has 0 amide bonds. The fourth-order valence-corrected chi connectivity index (χ4v) is 3.04. The van der Waals surface area contributed by atoms with Gasteiger partial charge in [-0.05, 0) is 19.8 Å². The second-order valence-electron chi connectivity index (χ2n) is 3.70. The maximum atomic E-state index is 11.1. The molecule has 1 heterocycles. The summed E-state index contributed by atoms with van der Waals surface area (Å²) in [4.78, 5) is 0. The summed E-state index contributed by atoms with van der Waals surface area (Å²) >= 11 is 0. The molecule has 2 nitrogen and oxygen atoms in total. The number of hydrogen-bond donors (Lipinski definition) is 0. The van der Waals surface area contributed by atoms with Crippen molar-refractivity contribution in [3.8, 4) is 0 Å². The minimum absolute atomic E-state index is 0.360. The normalized spacial score (nSPS) is 36.9. The summed E-state index contributed by atoms with van der Waals surface area (Å²) in [5, 5.41) is 0. The smallest absolute Gasteiger partial charge is 0.335 e. The van der Waals surface area contributed by atoms with Crippen molar-refractivity contribution in [2.45, 2.75) is 38.9 Å². The van der Waals surface area contributed by atoms with Gasteiger partial charge in [0.25, 0.3) is 0 Å². The van der Waals surface area contributed by atoms with Crippen LogP contribution in [0, 0.1) is 5.92 Å². The Kier molecular flexibility index (Phi) is 3.67. The quantitative estimate of drug-likeness (QED) is 0.638. The SMILES string of the molecule is CC[C@H]1O[C@@H](C)C[C@H]1C[P+](C)=O. The molecule has 0 radical (unpaired) electrons. The molecule has 0 bridgehead atoms. The van der Waals surface area contributed by atoms with Gasteiger partial charge in [0.1, 0.15) is 6.66 Å². The maximum Gasteiger partial charge on any atom is 0.335 e. The van der Waals surface area contributed by atoms with Gasteiger partial charge in [0.15, 0.2) is 6.16 Å². The average molecular weight is 189 g/mol. The molecule has 1 aliphatic rings. The zero-order chi connectivity index (χ0) is 9.14.